The summed E-state index contributed by atoms with van der Waals surface area (Å²) in [6.07, 6.45) is 1.81. The molecule has 7 heteroatoms. The van der Waals surface area contributed by atoms with Crippen molar-refractivity contribution in [2.75, 3.05) is 0 Å². The van der Waals surface area contributed by atoms with E-state index in [-0.39, 0.29) is 9.92 Å². The number of fused-ring (bicyclic) bond motifs is 6. The van der Waals surface area contributed by atoms with E-state index in [0.29, 0.717) is 5.69 Å². The summed E-state index contributed by atoms with van der Waals surface area (Å²) >= 11 is 0. The van der Waals surface area contributed by atoms with Crippen LogP contribution in [0.25, 0.3) is 55.1 Å². The molecule has 4 heterocycles. The summed E-state index contributed by atoms with van der Waals surface area (Å²) in [5, 5.41) is 4.57. The number of benzene rings is 4. The van der Waals surface area contributed by atoms with Crippen LogP contribution in [0.5, 0.6) is 0 Å². The van der Waals surface area contributed by atoms with E-state index >= 15 is 0 Å². The molecule has 8 rings (SSSR count). The fourth-order valence-electron chi connectivity index (χ4n) is 6.06. The van der Waals surface area contributed by atoms with Crippen molar-refractivity contribution in [3.05, 3.63) is 133 Å². The third-order valence-corrected chi connectivity index (χ3v) is 9.62. The van der Waals surface area contributed by atoms with Crippen molar-refractivity contribution in [2.24, 2.45) is 0 Å². The molecule has 4 aromatic carbocycles. The highest BCUT2D eigenvalue weighted by Gasteiger charge is 2.22. The van der Waals surface area contributed by atoms with Crippen LogP contribution in [0.2, 0.25) is 0 Å². The molecule has 0 fully saturated rings. The SMILES string of the molecule is Cc1nc(S(=O)(=O)c2ccccc2)ccc1-n1c2ccccc2c2cc3c4ccccc4n(-c4ccccn4)c3cc21. The molecule has 8 aromatic rings. The number of pyridine rings is 2. The lowest BCUT2D eigenvalue weighted by molar-refractivity contribution is 0.592. The normalized spacial score (nSPS) is 12.1. The molecule has 0 radical (unpaired) electrons. The van der Waals surface area contributed by atoms with Crippen LogP contribution in [0, 0.1) is 6.92 Å². The lowest BCUT2D eigenvalue weighted by Crippen LogP contribution is -2.07. The van der Waals surface area contributed by atoms with Crippen molar-refractivity contribution in [1.29, 1.82) is 0 Å². The van der Waals surface area contributed by atoms with Gasteiger partial charge >= 0.3 is 0 Å². The van der Waals surface area contributed by atoms with E-state index in [9.17, 15) is 8.42 Å². The molecule has 0 N–H and O–H groups in total. The Hall–Kier alpha value is -5.27. The first-order chi connectivity index (χ1) is 20.5. The fourth-order valence-corrected chi connectivity index (χ4v) is 7.32. The Morgan fingerprint density at radius 2 is 1.19 bits per heavy atom. The summed E-state index contributed by atoms with van der Waals surface area (Å²) in [5.41, 5.74) is 5.61. The van der Waals surface area contributed by atoms with Crippen LogP contribution in [-0.2, 0) is 9.84 Å². The summed E-state index contributed by atoms with van der Waals surface area (Å²) in [4.78, 5) is 9.54. The van der Waals surface area contributed by atoms with E-state index in [4.69, 9.17) is 0 Å². The molecule has 0 saturated heterocycles. The zero-order valence-corrected chi connectivity index (χ0v) is 23.5. The van der Waals surface area contributed by atoms with E-state index in [1.807, 2.05) is 49.5 Å². The number of rotatable bonds is 4. The van der Waals surface area contributed by atoms with Crippen LogP contribution in [0.3, 0.4) is 0 Å². The monoisotopic (exact) mass is 564 g/mol. The Kier molecular flexibility index (Phi) is 5.33. The topological polar surface area (TPSA) is 69.8 Å². The molecule has 0 aliphatic rings. The highest BCUT2D eigenvalue weighted by molar-refractivity contribution is 7.91. The van der Waals surface area contributed by atoms with E-state index in [2.05, 4.69) is 67.6 Å². The van der Waals surface area contributed by atoms with Crippen molar-refractivity contribution >= 4 is 53.4 Å². The lowest BCUT2D eigenvalue weighted by Gasteiger charge is -2.13. The Balaban J connectivity index is 1.43. The van der Waals surface area contributed by atoms with Gasteiger partial charge in [0.15, 0.2) is 5.03 Å². The minimum absolute atomic E-state index is 0.0355. The molecule has 0 saturated carbocycles. The predicted octanol–water partition coefficient (Wildman–Crippen LogP) is 7.81. The third kappa shape index (κ3) is 3.53. The first kappa shape index (κ1) is 24.5. The first-order valence-electron chi connectivity index (χ1n) is 13.7. The van der Waals surface area contributed by atoms with Gasteiger partial charge in [-0.05, 0) is 67.6 Å². The van der Waals surface area contributed by atoms with Gasteiger partial charge in [0.25, 0.3) is 0 Å². The second kappa shape index (κ2) is 9.12. The van der Waals surface area contributed by atoms with Gasteiger partial charge in [-0.2, -0.15) is 0 Å². The number of sulfone groups is 1. The molecular formula is C35H24N4O2S. The highest BCUT2D eigenvalue weighted by Crippen LogP contribution is 2.39. The van der Waals surface area contributed by atoms with Crippen LogP contribution < -0.4 is 0 Å². The largest absolute Gasteiger partial charge is 0.307 e. The van der Waals surface area contributed by atoms with Crippen molar-refractivity contribution in [1.82, 2.24) is 19.1 Å². The van der Waals surface area contributed by atoms with Crippen LogP contribution in [0.1, 0.15) is 5.69 Å². The zero-order valence-electron chi connectivity index (χ0n) is 22.6. The molecule has 0 spiro atoms. The Bertz CT molecular complexity index is 2430. The van der Waals surface area contributed by atoms with Crippen molar-refractivity contribution in [3.8, 4) is 11.5 Å². The summed E-state index contributed by atoms with van der Waals surface area (Å²) in [6, 6.07) is 39.0. The molecule has 202 valence electrons. The van der Waals surface area contributed by atoms with Crippen molar-refractivity contribution in [2.45, 2.75) is 16.8 Å². The lowest BCUT2D eigenvalue weighted by atomic mass is 10.1. The van der Waals surface area contributed by atoms with E-state index in [1.54, 1.807) is 36.4 Å². The smallest absolute Gasteiger partial charge is 0.223 e. The standard InChI is InChI=1S/C35H24N4O2S/c1-23-29(18-19-35(37-23)42(40,41)24-11-3-2-4-12-24)38-30-15-7-5-13-25(30)27-21-28-26-14-6-8-16-31(26)39(33(28)22-32(27)38)34-17-9-10-20-36-34/h2-22H,1H3. The summed E-state index contributed by atoms with van der Waals surface area (Å²) < 4.78 is 31.1. The van der Waals surface area contributed by atoms with Gasteiger partial charge in [0.05, 0.1) is 38.3 Å². The molecule has 0 aliphatic carbocycles. The molecule has 0 unspecified atom stereocenters. The van der Waals surface area contributed by atoms with Crippen molar-refractivity contribution in [3.63, 3.8) is 0 Å². The average molecular weight is 565 g/mol. The van der Waals surface area contributed by atoms with Crippen LogP contribution in [0.15, 0.2) is 137 Å². The van der Waals surface area contributed by atoms with Gasteiger partial charge in [0.2, 0.25) is 9.84 Å². The molecule has 0 bridgehead atoms. The number of aromatic nitrogens is 4. The molecule has 6 nitrogen and oxygen atoms in total. The van der Waals surface area contributed by atoms with E-state index in [0.717, 1.165) is 55.1 Å². The molecule has 0 amide bonds. The number of nitrogens with zero attached hydrogens (tertiary/aromatic N) is 4. The first-order valence-corrected chi connectivity index (χ1v) is 15.2. The maximum absolute atomic E-state index is 13.3. The maximum atomic E-state index is 13.3. The predicted molar refractivity (Wildman–Crippen MR) is 167 cm³/mol. The van der Waals surface area contributed by atoms with Gasteiger partial charge in [-0.15, -0.1) is 0 Å². The Morgan fingerprint density at radius 1 is 0.571 bits per heavy atom. The van der Waals surface area contributed by atoms with Crippen LogP contribution >= 0.6 is 0 Å². The van der Waals surface area contributed by atoms with Gasteiger partial charge < -0.3 is 4.57 Å². The van der Waals surface area contributed by atoms with Gasteiger partial charge in [-0.25, -0.2) is 18.4 Å². The number of hydrogen-bond donors (Lipinski definition) is 0. The van der Waals surface area contributed by atoms with E-state index in [1.165, 1.54) is 0 Å². The molecule has 4 aromatic heterocycles. The Morgan fingerprint density at radius 3 is 1.86 bits per heavy atom. The quantitative estimate of drug-likeness (QED) is 0.219. The third-order valence-electron chi connectivity index (χ3n) is 7.95. The minimum Gasteiger partial charge on any atom is -0.307 e. The molecule has 0 atom stereocenters. The second-order valence-electron chi connectivity index (χ2n) is 10.4. The van der Waals surface area contributed by atoms with Crippen LogP contribution in [0.4, 0.5) is 0 Å². The zero-order chi connectivity index (χ0) is 28.4. The summed E-state index contributed by atoms with van der Waals surface area (Å²) in [7, 11) is -3.74. The van der Waals surface area contributed by atoms with Gasteiger partial charge in [0, 0.05) is 27.7 Å². The number of hydrogen-bond acceptors (Lipinski definition) is 4. The maximum Gasteiger partial charge on any atom is 0.223 e. The fraction of sp³-hybridized carbons (Fsp3) is 0.0286. The summed E-state index contributed by atoms with van der Waals surface area (Å²) in [6.45, 7) is 1.86. The average Bonchev–Trinajstić information content (AvgIpc) is 3.53. The number of aryl methyl sites for hydroxylation is 1. The summed E-state index contributed by atoms with van der Waals surface area (Å²) in [5.74, 6) is 0.846. The van der Waals surface area contributed by atoms with Gasteiger partial charge in [-0.1, -0.05) is 60.7 Å². The van der Waals surface area contributed by atoms with Gasteiger partial charge in [-0.3, -0.25) is 4.57 Å². The van der Waals surface area contributed by atoms with E-state index < -0.39 is 9.84 Å². The highest BCUT2D eigenvalue weighted by atomic mass is 32.2. The van der Waals surface area contributed by atoms with Crippen molar-refractivity contribution < 1.29 is 8.42 Å². The van der Waals surface area contributed by atoms with Crippen LogP contribution in [-0.4, -0.2) is 27.5 Å². The molecule has 0 aliphatic heterocycles. The van der Waals surface area contributed by atoms with Gasteiger partial charge in [0.1, 0.15) is 5.82 Å². The minimum atomic E-state index is -3.74. The second-order valence-corrected chi connectivity index (χ2v) is 12.2. The Labute approximate surface area is 242 Å². The molecular weight excluding hydrogens is 540 g/mol. The molecule has 42 heavy (non-hydrogen) atoms. The number of para-hydroxylation sites is 2.